The molecule has 1 spiro atoms. The molecule has 2 aliphatic heterocycles. The summed E-state index contributed by atoms with van der Waals surface area (Å²) in [4.78, 5) is 23.6. The molecule has 1 fully saturated rings. The number of benzene rings is 1. The standard InChI is InChI=1S/C21H23N5O/c1-15-11-22-20-24-18(14-26(20)13-15)19(27)25-8-6-21(7-9-25)10-16-4-2-3-5-17(16)12-23-21/h2-5,11,13-14,23H,6-10,12H2,1H3. The summed E-state index contributed by atoms with van der Waals surface area (Å²) in [6.07, 6.45) is 8.49. The van der Waals surface area contributed by atoms with Crippen LogP contribution in [0.5, 0.6) is 0 Å². The van der Waals surface area contributed by atoms with Gasteiger partial charge in [-0.1, -0.05) is 24.3 Å². The van der Waals surface area contributed by atoms with Gasteiger partial charge in [0.2, 0.25) is 5.78 Å². The predicted octanol–water partition coefficient (Wildman–Crippen LogP) is 2.36. The van der Waals surface area contributed by atoms with Crippen molar-refractivity contribution in [3.05, 3.63) is 65.2 Å². The predicted molar refractivity (Wildman–Crippen MR) is 103 cm³/mol. The maximum absolute atomic E-state index is 12.9. The lowest BCUT2D eigenvalue weighted by atomic mass is 9.78. The number of likely N-dealkylation sites (tertiary alicyclic amines) is 1. The number of hydrogen-bond acceptors (Lipinski definition) is 4. The maximum Gasteiger partial charge on any atom is 0.274 e. The average Bonchev–Trinajstić information content (AvgIpc) is 3.11. The van der Waals surface area contributed by atoms with Gasteiger partial charge in [0.1, 0.15) is 5.69 Å². The van der Waals surface area contributed by atoms with E-state index >= 15 is 0 Å². The molecule has 0 bridgehead atoms. The summed E-state index contributed by atoms with van der Waals surface area (Å²) in [6.45, 7) is 4.41. The number of amides is 1. The van der Waals surface area contributed by atoms with Crippen molar-refractivity contribution >= 4 is 11.7 Å². The van der Waals surface area contributed by atoms with E-state index in [0.29, 0.717) is 11.5 Å². The molecule has 138 valence electrons. The Morgan fingerprint density at radius 2 is 1.93 bits per heavy atom. The highest BCUT2D eigenvalue weighted by atomic mass is 16.2. The van der Waals surface area contributed by atoms with Crippen molar-refractivity contribution in [2.75, 3.05) is 13.1 Å². The number of aryl methyl sites for hydroxylation is 1. The molecular formula is C21H23N5O. The van der Waals surface area contributed by atoms with Gasteiger partial charge in [0.15, 0.2) is 0 Å². The first-order valence-electron chi connectivity index (χ1n) is 9.54. The van der Waals surface area contributed by atoms with Gasteiger partial charge in [0, 0.05) is 43.8 Å². The number of piperidine rings is 1. The molecule has 1 aromatic carbocycles. The molecule has 1 amide bonds. The van der Waals surface area contributed by atoms with Crippen molar-refractivity contribution in [1.82, 2.24) is 24.6 Å². The molecule has 1 N–H and O–H groups in total. The first-order chi connectivity index (χ1) is 13.1. The highest BCUT2D eigenvalue weighted by molar-refractivity contribution is 5.92. The minimum absolute atomic E-state index is 0.00390. The summed E-state index contributed by atoms with van der Waals surface area (Å²) in [7, 11) is 0. The summed E-state index contributed by atoms with van der Waals surface area (Å²) in [6, 6.07) is 8.66. The van der Waals surface area contributed by atoms with Crippen LogP contribution in [0.1, 0.15) is 40.0 Å². The summed E-state index contributed by atoms with van der Waals surface area (Å²) in [5.41, 5.74) is 4.48. The highest BCUT2D eigenvalue weighted by Gasteiger charge is 2.38. The number of rotatable bonds is 1. The van der Waals surface area contributed by atoms with Gasteiger partial charge < -0.3 is 10.2 Å². The Morgan fingerprint density at radius 3 is 2.74 bits per heavy atom. The molecule has 4 heterocycles. The van der Waals surface area contributed by atoms with Gasteiger partial charge in [-0.15, -0.1) is 0 Å². The van der Waals surface area contributed by atoms with Crippen LogP contribution in [0.15, 0.2) is 42.9 Å². The van der Waals surface area contributed by atoms with Crippen LogP contribution in [0, 0.1) is 6.92 Å². The van der Waals surface area contributed by atoms with Gasteiger partial charge in [-0.2, -0.15) is 0 Å². The van der Waals surface area contributed by atoms with E-state index in [1.807, 2.05) is 22.4 Å². The Kier molecular flexibility index (Phi) is 3.75. The largest absolute Gasteiger partial charge is 0.337 e. The van der Waals surface area contributed by atoms with E-state index in [0.717, 1.165) is 44.5 Å². The Bertz CT molecular complexity index is 1020. The molecule has 2 aliphatic rings. The van der Waals surface area contributed by atoms with Crippen LogP contribution in [0.3, 0.4) is 0 Å². The quantitative estimate of drug-likeness (QED) is 0.723. The number of carbonyl (C=O) groups excluding carboxylic acids is 1. The minimum Gasteiger partial charge on any atom is -0.337 e. The van der Waals surface area contributed by atoms with Crippen LogP contribution < -0.4 is 5.32 Å². The van der Waals surface area contributed by atoms with Gasteiger partial charge in [-0.3, -0.25) is 9.20 Å². The molecule has 27 heavy (non-hydrogen) atoms. The van der Waals surface area contributed by atoms with Crippen molar-refractivity contribution < 1.29 is 4.79 Å². The van der Waals surface area contributed by atoms with Crippen LogP contribution in [-0.2, 0) is 13.0 Å². The normalized spacial score (nSPS) is 18.6. The Labute approximate surface area is 158 Å². The lowest BCUT2D eigenvalue weighted by Gasteiger charge is -2.45. The van der Waals surface area contributed by atoms with Gasteiger partial charge in [-0.25, -0.2) is 9.97 Å². The van der Waals surface area contributed by atoms with Crippen LogP contribution in [-0.4, -0.2) is 43.8 Å². The van der Waals surface area contributed by atoms with E-state index in [4.69, 9.17) is 0 Å². The number of aromatic nitrogens is 3. The Morgan fingerprint density at radius 1 is 1.15 bits per heavy atom. The number of nitrogens with zero attached hydrogens (tertiary/aromatic N) is 4. The topological polar surface area (TPSA) is 62.5 Å². The lowest BCUT2D eigenvalue weighted by Crippen LogP contribution is -2.57. The van der Waals surface area contributed by atoms with Gasteiger partial charge in [0.25, 0.3) is 5.91 Å². The molecule has 1 saturated heterocycles. The molecule has 6 heteroatoms. The Hall–Kier alpha value is -2.73. The van der Waals surface area contributed by atoms with Crippen molar-refractivity contribution in [3.63, 3.8) is 0 Å². The second kappa shape index (κ2) is 6.16. The number of carbonyl (C=O) groups is 1. The zero-order chi connectivity index (χ0) is 18.4. The molecule has 0 radical (unpaired) electrons. The number of nitrogens with one attached hydrogen (secondary N) is 1. The van der Waals surface area contributed by atoms with Gasteiger partial charge in [0.05, 0.1) is 0 Å². The van der Waals surface area contributed by atoms with E-state index in [1.165, 1.54) is 11.1 Å². The van der Waals surface area contributed by atoms with Crippen LogP contribution in [0.2, 0.25) is 0 Å². The fourth-order valence-electron chi connectivity index (χ4n) is 4.36. The lowest BCUT2D eigenvalue weighted by molar-refractivity contribution is 0.0626. The average molecular weight is 361 g/mol. The molecule has 0 atom stereocenters. The van der Waals surface area contributed by atoms with Gasteiger partial charge >= 0.3 is 0 Å². The summed E-state index contributed by atoms with van der Waals surface area (Å²) < 4.78 is 1.83. The molecule has 2 aromatic heterocycles. The van der Waals surface area contributed by atoms with E-state index in [2.05, 4.69) is 39.6 Å². The van der Waals surface area contributed by atoms with Crippen molar-refractivity contribution in [2.24, 2.45) is 0 Å². The SMILES string of the molecule is Cc1cnc2nc(C(=O)N3CCC4(CC3)Cc3ccccc3CN4)cn2c1. The third kappa shape index (κ3) is 2.90. The van der Waals surface area contributed by atoms with Crippen molar-refractivity contribution in [3.8, 4) is 0 Å². The highest BCUT2D eigenvalue weighted by Crippen LogP contribution is 2.32. The monoisotopic (exact) mass is 361 g/mol. The summed E-state index contributed by atoms with van der Waals surface area (Å²) in [5, 5.41) is 3.75. The summed E-state index contributed by atoms with van der Waals surface area (Å²) >= 11 is 0. The van der Waals surface area contributed by atoms with E-state index in [9.17, 15) is 4.79 Å². The smallest absolute Gasteiger partial charge is 0.274 e. The summed E-state index contributed by atoms with van der Waals surface area (Å²) in [5.74, 6) is 0.576. The van der Waals surface area contributed by atoms with Crippen molar-refractivity contribution in [2.45, 2.75) is 38.3 Å². The Balaban J connectivity index is 1.30. The molecular weight excluding hydrogens is 338 g/mol. The molecule has 0 unspecified atom stereocenters. The zero-order valence-electron chi connectivity index (χ0n) is 15.5. The molecule has 3 aromatic rings. The number of fused-ring (bicyclic) bond motifs is 2. The first kappa shape index (κ1) is 16.4. The van der Waals surface area contributed by atoms with Crippen LogP contribution in [0.4, 0.5) is 0 Å². The second-order valence-corrected chi connectivity index (χ2v) is 7.84. The van der Waals surface area contributed by atoms with E-state index in [-0.39, 0.29) is 11.4 Å². The fraction of sp³-hybridized carbons (Fsp3) is 0.381. The second-order valence-electron chi connectivity index (χ2n) is 7.84. The van der Waals surface area contributed by atoms with E-state index in [1.54, 1.807) is 12.4 Å². The maximum atomic E-state index is 12.9. The molecule has 0 aliphatic carbocycles. The van der Waals surface area contributed by atoms with Crippen molar-refractivity contribution in [1.29, 1.82) is 0 Å². The van der Waals surface area contributed by atoms with Gasteiger partial charge in [-0.05, 0) is 42.9 Å². The van der Waals surface area contributed by atoms with Crippen LogP contribution in [0.25, 0.3) is 5.78 Å². The first-order valence-corrected chi connectivity index (χ1v) is 9.54. The number of hydrogen-bond donors (Lipinski definition) is 1. The fourth-order valence-corrected chi connectivity index (χ4v) is 4.36. The van der Waals surface area contributed by atoms with Crippen LogP contribution >= 0.6 is 0 Å². The number of imidazole rings is 1. The molecule has 6 nitrogen and oxygen atoms in total. The minimum atomic E-state index is 0.00390. The third-order valence-electron chi connectivity index (χ3n) is 5.97. The van der Waals surface area contributed by atoms with E-state index < -0.39 is 0 Å². The molecule has 5 rings (SSSR count). The third-order valence-corrected chi connectivity index (χ3v) is 5.97. The zero-order valence-corrected chi connectivity index (χ0v) is 15.5. The molecule has 0 saturated carbocycles.